The van der Waals surface area contributed by atoms with E-state index >= 15 is 0 Å². The van der Waals surface area contributed by atoms with Crippen LogP contribution in [0.15, 0.2) is 42.5 Å². The first kappa shape index (κ1) is 19.8. The van der Waals surface area contributed by atoms with Crippen LogP contribution >= 0.6 is 0 Å². The highest BCUT2D eigenvalue weighted by Gasteiger charge is 2.41. The number of allylic oxidation sites excluding steroid dienone is 1. The van der Waals surface area contributed by atoms with Crippen molar-refractivity contribution in [3.8, 4) is 23.3 Å². The molecule has 140 valence electrons. The van der Waals surface area contributed by atoms with Crippen LogP contribution in [0, 0.1) is 11.3 Å². The predicted molar refractivity (Wildman–Crippen MR) is 91.2 cm³/mol. The maximum Gasteiger partial charge on any atom is 0.491 e. The van der Waals surface area contributed by atoms with Crippen LogP contribution in [0.1, 0.15) is 11.1 Å². The van der Waals surface area contributed by atoms with E-state index in [2.05, 4.69) is 10.8 Å². The molecule has 27 heavy (non-hydrogen) atoms. The average Bonchev–Trinajstić information content (AvgIpc) is 2.66. The largest absolute Gasteiger partial charge is 0.493 e. The van der Waals surface area contributed by atoms with Gasteiger partial charge < -0.3 is 14.2 Å². The topological polar surface area (TPSA) is 68.5 Å². The Morgan fingerprint density at radius 2 is 1.67 bits per heavy atom. The van der Waals surface area contributed by atoms with Crippen LogP contribution in [-0.2, 0) is 4.79 Å². The summed E-state index contributed by atoms with van der Waals surface area (Å²) in [5.74, 6) is -1.59. The highest BCUT2D eigenvalue weighted by Crippen LogP contribution is 2.31. The maximum absolute atomic E-state index is 12.2. The number of hydrogen-bond acceptors (Lipinski definition) is 5. The van der Waals surface area contributed by atoms with E-state index in [1.165, 1.54) is 44.6 Å². The van der Waals surface area contributed by atoms with Gasteiger partial charge in [0.2, 0.25) is 0 Å². The quantitative estimate of drug-likeness (QED) is 0.337. The first-order valence-corrected chi connectivity index (χ1v) is 7.51. The fourth-order valence-electron chi connectivity index (χ4n) is 2.15. The van der Waals surface area contributed by atoms with E-state index in [9.17, 15) is 23.2 Å². The van der Waals surface area contributed by atoms with E-state index in [1.807, 2.05) is 0 Å². The summed E-state index contributed by atoms with van der Waals surface area (Å²) in [7, 11) is 2.96. The number of halogens is 3. The van der Waals surface area contributed by atoms with Crippen molar-refractivity contribution in [1.29, 1.82) is 5.26 Å². The van der Waals surface area contributed by atoms with Crippen molar-refractivity contribution in [2.75, 3.05) is 14.2 Å². The van der Waals surface area contributed by atoms with Gasteiger partial charge in [-0.25, -0.2) is 4.79 Å². The normalized spacial score (nSPS) is 11.5. The fraction of sp³-hybridized carbons (Fsp3) is 0.158. The molecule has 0 atom stereocenters. The summed E-state index contributed by atoms with van der Waals surface area (Å²) < 4.78 is 51.2. The second kappa shape index (κ2) is 8.27. The molecule has 5 nitrogen and oxygen atoms in total. The number of alkyl halides is 3. The van der Waals surface area contributed by atoms with Crippen LogP contribution in [0.4, 0.5) is 13.2 Å². The number of ether oxygens (including phenoxy) is 3. The number of carbonyl (C=O) groups is 1. The van der Waals surface area contributed by atoms with Crippen molar-refractivity contribution in [2.45, 2.75) is 6.18 Å². The van der Waals surface area contributed by atoms with Gasteiger partial charge >= 0.3 is 12.1 Å². The van der Waals surface area contributed by atoms with E-state index in [0.717, 1.165) is 0 Å². The molecule has 0 amide bonds. The number of esters is 1. The van der Waals surface area contributed by atoms with Crippen molar-refractivity contribution < 1.29 is 32.2 Å². The number of carbonyl (C=O) groups excluding carboxylic acids is 1. The highest BCUT2D eigenvalue weighted by atomic mass is 19.4. The molecular weight excluding hydrogens is 363 g/mol. The van der Waals surface area contributed by atoms with Gasteiger partial charge in [-0.2, -0.15) is 18.4 Å². The number of benzene rings is 2. The van der Waals surface area contributed by atoms with Gasteiger partial charge in [-0.15, -0.1) is 0 Å². The smallest absolute Gasteiger partial charge is 0.491 e. The van der Waals surface area contributed by atoms with Crippen molar-refractivity contribution in [3.05, 3.63) is 53.6 Å². The van der Waals surface area contributed by atoms with Gasteiger partial charge in [0, 0.05) is 0 Å². The van der Waals surface area contributed by atoms with E-state index in [1.54, 1.807) is 18.2 Å². The van der Waals surface area contributed by atoms with Gasteiger partial charge in [0.25, 0.3) is 0 Å². The lowest BCUT2D eigenvalue weighted by Crippen LogP contribution is -2.27. The molecule has 8 heteroatoms. The maximum atomic E-state index is 12.2. The van der Waals surface area contributed by atoms with Crippen molar-refractivity contribution >= 4 is 17.6 Å². The van der Waals surface area contributed by atoms with Gasteiger partial charge in [-0.3, -0.25) is 0 Å². The standard InChI is InChI=1S/C19H14F3NO4/c1-25-16-8-5-13(10-17(16)26-2)14(11-23)9-12-3-6-15(7-4-12)27-18(24)19(20,21)22/h3-10H,1-2H3/b14-9-. The van der Waals surface area contributed by atoms with Gasteiger partial charge in [-0.1, -0.05) is 12.1 Å². The number of nitrogens with zero attached hydrogens (tertiary/aromatic N) is 1. The fourth-order valence-corrected chi connectivity index (χ4v) is 2.15. The number of rotatable bonds is 5. The van der Waals surface area contributed by atoms with E-state index in [-0.39, 0.29) is 5.75 Å². The van der Waals surface area contributed by atoms with Gasteiger partial charge in [0.15, 0.2) is 11.5 Å². The molecular formula is C19H14F3NO4. The minimum absolute atomic E-state index is 0.251. The van der Waals surface area contributed by atoms with Crippen LogP contribution in [0.25, 0.3) is 11.6 Å². The van der Waals surface area contributed by atoms with Crippen LogP contribution in [0.5, 0.6) is 17.2 Å². The molecule has 0 aromatic heterocycles. The Kier molecular flexibility index (Phi) is 6.08. The molecule has 0 aliphatic heterocycles. The SMILES string of the molecule is COc1ccc(/C(C#N)=C\c2ccc(OC(=O)C(F)(F)F)cc2)cc1OC. The highest BCUT2D eigenvalue weighted by molar-refractivity contribution is 5.90. The number of nitriles is 1. The summed E-state index contributed by atoms with van der Waals surface area (Å²) in [6.45, 7) is 0. The number of methoxy groups -OCH3 is 2. The Bertz CT molecular complexity index is 897. The minimum Gasteiger partial charge on any atom is -0.493 e. The average molecular weight is 377 g/mol. The molecule has 0 heterocycles. The minimum atomic E-state index is -5.07. The summed E-state index contributed by atoms with van der Waals surface area (Å²) >= 11 is 0. The van der Waals surface area contributed by atoms with Crippen LogP contribution in [0.2, 0.25) is 0 Å². The first-order chi connectivity index (χ1) is 12.8. The second-order valence-electron chi connectivity index (χ2n) is 5.20. The summed E-state index contributed by atoms with van der Waals surface area (Å²) in [4.78, 5) is 10.8. The Labute approximate surface area is 153 Å². The van der Waals surface area contributed by atoms with Gasteiger partial charge in [0.1, 0.15) is 5.75 Å². The summed E-state index contributed by atoms with van der Waals surface area (Å²) in [6.07, 6.45) is -3.53. The lowest BCUT2D eigenvalue weighted by molar-refractivity contribution is -0.189. The Morgan fingerprint density at radius 3 is 2.19 bits per heavy atom. The Morgan fingerprint density at radius 1 is 1.04 bits per heavy atom. The van der Waals surface area contributed by atoms with Gasteiger partial charge in [0.05, 0.1) is 25.9 Å². The predicted octanol–water partition coefficient (Wildman–Crippen LogP) is 4.24. The molecule has 0 unspecified atom stereocenters. The zero-order valence-electron chi connectivity index (χ0n) is 14.3. The third-order valence-corrected chi connectivity index (χ3v) is 3.45. The molecule has 2 rings (SSSR count). The first-order valence-electron chi connectivity index (χ1n) is 7.51. The molecule has 0 aliphatic rings. The monoisotopic (exact) mass is 377 g/mol. The summed E-state index contributed by atoms with van der Waals surface area (Å²) in [5, 5.41) is 9.41. The zero-order valence-corrected chi connectivity index (χ0v) is 14.3. The summed E-state index contributed by atoms with van der Waals surface area (Å²) in [5.41, 5.74) is 1.41. The second-order valence-corrected chi connectivity index (χ2v) is 5.20. The van der Waals surface area contributed by atoms with Crippen LogP contribution < -0.4 is 14.2 Å². The molecule has 0 fully saturated rings. The van der Waals surface area contributed by atoms with E-state index < -0.39 is 12.1 Å². The van der Waals surface area contributed by atoms with E-state index in [4.69, 9.17) is 9.47 Å². The third-order valence-electron chi connectivity index (χ3n) is 3.45. The third kappa shape index (κ3) is 5.01. The zero-order chi connectivity index (χ0) is 20.0. The molecule has 0 saturated heterocycles. The van der Waals surface area contributed by atoms with Crippen molar-refractivity contribution in [3.63, 3.8) is 0 Å². The van der Waals surface area contributed by atoms with Crippen LogP contribution in [0.3, 0.4) is 0 Å². The molecule has 0 saturated carbocycles. The van der Waals surface area contributed by atoms with Crippen LogP contribution in [-0.4, -0.2) is 26.4 Å². The van der Waals surface area contributed by atoms with Crippen molar-refractivity contribution in [2.24, 2.45) is 0 Å². The number of hydrogen-bond donors (Lipinski definition) is 0. The van der Waals surface area contributed by atoms with Gasteiger partial charge in [-0.05, 0) is 47.5 Å². The molecule has 0 N–H and O–H groups in total. The Balaban J connectivity index is 2.26. The lowest BCUT2D eigenvalue weighted by atomic mass is 10.0. The van der Waals surface area contributed by atoms with E-state index in [0.29, 0.717) is 28.2 Å². The van der Waals surface area contributed by atoms with Crippen molar-refractivity contribution in [1.82, 2.24) is 0 Å². The summed E-state index contributed by atoms with van der Waals surface area (Å²) in [6, 6.07) is 12.3. The molecule has 2 aromatic carbocycles. The molecule has 0 spiro atoms. The molecule has 2 aromatic rings. The molecule has 0 bridgehead atoms. The Hall–Kier alpha value is -3.47. The molecule has 0 aliphatic carbocycles. The molecule has 0 radical (unpaired) electrons. The lowest BCUT2D eigenvalue weighted by Gasteiger charge is -2.09.